The zero-order valence-electron chi connectivity index (χ0n) is 25.8. The molecule has 0 radical (unpaired) electrons. The molecule has 0 saturated carbocycles. The van der Waals surface area contributed by atoms with Crippen LogP contribution in [0.5, 0.6) is 11.5 Å². The van der Waals surface area contributed by atoms with Crippen LogP contribution >= 0.6 is 0 Å². The van der Waals surface area contributed by atoms with Crippen molar-refractivity contribution in [1.29, 1.82) is 0 Å². The summed E-state index contributed by atoms with van der Waals surface area (Å²) in [5.74, 6) is -1.36. The fraction of sp³-hybridized carbons (Fsp3) is 0.667. The van der Waals surface area contributed by atoms with Gasteiger partial charge in [0, 0.05) is 0 Å². The van der Waals surface area contributed by atoms with E-state index < -0.39 is 42.6 Å². The van der Waals surface area contributed by atoms with Gasteiger partial charge in [0.05, 0.1) is 5.92 Å². The first-order valence-electron chi connectivity index (χ1n) is 14.2. The summed E-state index contributed by atoms with van der Waals surface area (Å²) in [5.41, 5.74) is 6.57. The first kappa shape index (κ1) is 35.7. The normalized spacial score (nSPS) is 14.8. The van der Waals surface area contributed by atoms with Crippen LogP contribution in [0.3, 0.4) is 0 Å². The van der Waals surface area contributed by atoms with Crippen LogP contribution in [0.4, 0.5) is 9.59 Å². The lowest BCUT2D eigenvalue weighted by molar-refractivity contribution is -0.161. The Labute approximate surface area is 243 Å². The van der Waals surface area contributed by atoms with Crippen LogP contribution in [0.1, 0.15) is 80.7 Å². The molecule has 41 heavy (non-hydrogen) atoms. The number of esters is 2. The Balaban J connectivity index is 2.94. The summed E-state index contributed by atoms with van der Waals surface area (Å²) in [6.45, 7) is 16.3. The number of carbonyl (C=O) groups excluding carboxylic acids is 4. The first-order valence-corrected chi connectivity index (χ1v) is 14.2. The Bertz CT molecular complexity index is 1010. The summed E-state index contributed by atoms with van der Waals surface area (Å²) in [7, 11) is 0. The van der Waals surface area contributed by atoms with Crippen molar-refractivity contribution < 1.29 is 47.6 Å². The maximum absolute atomic E-state index is 12.6. The SMILES string of the molecule is CCCC(C)C(=O)OC[C@H](C)OC(=O)[C@@H](N)Cc1ccc(OC(=O)OC(C)C(C)C)c(OC(=O)OC(C)C(C)C)c1. The average molecular weight is 582 g/mol. The molecule has 0 aliphatic rings. The molecular formula is C30H47NO10. The lowest BCUT2D eigenvalue weighted by Crippen LogP contribution is -2.37. The molecule has 5 atom stereocenters. The van der Waals surface area contributed by atoms with E-state index in [9.17, 15) is 19.2 Å². The number of ether oxygens (including phenoxy) is 6. The van der Waals surface area contributed by atoms with E-state index in [-0.39, 0.29) is 48.2 Å². The molecule has 1 aromatic rings. The van der Waals surface area contributed by atoms with Gasteiger partial charge in [-0.2, -0.15) is 0 Å². The number of hydrogen-bond donors (Lipinski definition) is 1. The molecule has 0 aliphatic heterocycles. The van der Waals surface area contributed by atoms with Gasteiger partial charge in [-0.1, -0.05) is 54.0 Å². The highest BCUT2D eigenvalue weighted by atomic mass is 16.8. The van der Waals surface area contributed by atoms with E-state index in [2.05, 4.69) is 0 Å². The van der Waals surface area contributed by atoms with Crippen molar-refractivity contribution in [2.75, 3.05) is 6.61 Å². The maximum atomic E-state index is 12.6. The number of nitrogens with two attached hydrogens (primary N) is 1. The van der Waals surface area contributed by atoms with E-state index in [0.29, 0.717) is 12.0 Å². The minimum absolute atomic E-state index is 0.0157. The molecule has 0 fully saturated rings. The monoisotopic (exact) mass is 581 g/mol. The number of benzene rings is 1. The highest BCUT2D eigenvalue weighted by molar-refractivity contribution is 5.76. The zero-order chi connectivity index (χ0) is 31.3. The van der Waals surface area contributed by atoms with Gasteiger partial charge in [-0.05, 0) is 63.1 Å². The van der Waals surface area contributed by atoms with Gasteiger partial charge in [0.2, 0.25) is 0 Å². The highest BCUT2D eigenvalue weighted by Gasteiger charge is 2.24. The van der Waals surface area contributed by atoms with Gasteiger partial charge in [0.15, 0.2) is 11.5 Å². The third-order valence-corrected chi connectivity index (χ3v) is 6.50. The summed E-state index contributed by atoms with van der Waals surface area (Å²) >= 11 is 0. The molecule has 11 nitrogen and oxygen atoms in total. The van der Waals surface area contributed by atoms with Gasteiger partial charge in [0.1, 0.15) is 31.0 Å². The topological polar surface area (TPSA) is 150 Å². The predicted molar refractivity (Wildman–Crippen MR) is 152 cm³/mol. The smallest absolute Gasteiger partial charge is 0.462 e. The molecule has 1 aromatic carbocycles. The Hall–Kier alpha value is -3.34. The molecule has 0 heterocycles. The van der Waals surface area contributed by atoms with E-state index in [4.69, 9.17) is 34.2 Å². The minimum atomic E-state index is -1.07. The molecule has 1 rings (SSSR count). The summed E-state index contributed by atoms with van der Waals surface area (Å²) < 4.78 is 31.7. The molecule has 0 aromatic heterocycles. The zero-order valence-corrected chi connectivity index (χ0v) is 25.8. The molecule has 0 spiro atoms. The molecule has 0 aliphatic carbocycles. The Morgan fingerprint density at radius 3 is 1.80 bits per heavy atom. The Morgan fingerprint density at radius 1 is 0.756 bits per heavy atom. The minimum Gasteiger partial charge on any atom is -0.462 e. The van der Waals surface area contributed by atoms with Gasteiger partial charge < -0.3 is 34.2 Å². The molecule has 3 unspecified atom stereocenters. The van der Waals surface area contributed by atoms with Gasteiger partial charge in [-0.3, -0.25) is 9.59 Å². The molecule has 0 saturated heterocycles. The lowest BCUT2D eigenvalue weighted by Gasteiger charge is -2.19. The summed E-state index contributed by atoms with van der Waals surface area (Å²) in [6, 6.07) is 3.32. The standard InChI is InChI=1S/C30H47NO10/c1-10-11-19(6)27(32)36-16-20(7)37-28(33)24(31)14-23-12-13-25(40-29(34)38-21(8)17(2)3)26(15-23)41-30(35)39-22(9)18(4)5/h12-13,15,17-22,24H,10-11,14,16,31H2,1-9H3/t19?,20-,21?,22?,24-/m0/s1. The number of rotatable bonds is 15. The van der Waals surface area contributed by atoms with Crippen LogP contribution in [-0.2, 0) is 35.0 Å². The second-order valence-corrected chi connectivity index (χ2v) is 11.0. The van der Waals surface area contributed by atoms with Crippen molar-refractivity contribution >= 4 is 24.2 Å². The third kappa shape index (κ3) is 13.2. The number of hydrogen-bond acceptors (Lipinski definition) is 11. The summed E-state index contributed by atoms with van der Waals surface area (Å²) in [4.78, 5) is 49.3. The molecule has 2 N–H and O–H groups in total. The maximum Gasteiger partial charge on any atom is 0.514 e. The van der Waals surface area contributed by atoms with Crippen molar-refractivity contribution in [2.24, 2.45) is 23.5 Å². The molecule has 232 valence electrons. The van der Waals surface area contributed by atoms with Gasteiger partial charge in [0.25, 0.3) is 0 Å². The molecule has 0 amide bonds. The van der Waals surface area contributed by atoms with Crippen LogP contribution in [0.15, 0.2) is 18.2 Å². The third-order valence-electron chi connectivity index (χ3n) is 6.50. The fourth-order valence-corrected chi connectivity index (χ4v) is 3.20. The van der Waals surface area contributed by atoms with E-state index in [1.165, 1.54) is 12.1 Å². The second kappa shape index (κ2) is 17.5. The first-order chi connectivity index (χ1) is 19.1. The molecular weight excluding hydrogens is 534 g/mol. The fourth-order valence-electron chi connectivity index (χ4n) is 3.20. The average Bonchev–Trinajstić information content (AvgIpc) is 2.88. The molecule has 0 bridgehead atoms. The van der Waals surface area contributed by atoms with E-state index in [0.717, 1.165) is 6.42 Å². The van der Waals surface area contributed by atoms with Crippen LogP contribution in [0.25, 0.3) is 0 Å². The second-order valence-electron chi connectivity index (χ2n) is 11.0. The van der Waals surface area contributed by atoms with Gasteiger partial charge in [-0.25, -0.2) is 9.59 Å². The van der Waals surface area contributed by atoms with E-state index in [1.54, 1.807) is 33.8 Å². The summed E-state index contributed by atoms with van der Waals surface area (Å²) in [6.07, 6.45) is -1.90. The van der Waals surface area contributed by atoms with Crippen molar-refractivity contribution in [3.8, 4) is 11.5 Å². The van der Waals surface area contributed by atoms with Gasteiger partial charge >= 0.3 is 24.2 Å². The predicted octanol–water partition coefficient (Wildman–Crippen LogP) is 5.59. The van der Waals surface area contributed by atoms with Crippen molar-refractivity contribution in [3.05, 3.63) is 23.8 Å². The van der Waals surface area contributed by atoms with Crippen molar-refractivity contribution in [3.63, 3.8) is 0 Å². The van der Waals surface area contributed by atoms with Crippen LogP contribution < -0.4 is 15.2 Å². The lowest BCUT2D eigenvalue weighted by atomic mass is 10.1. The summed E-state index contributed by atoms with van der Waals surface area (Å²) in [5, 5.41) is 0. The van der Waals surface area contributed by atoms with Crippen molar-refractivity contribution in [2.45, 2.75) is 106 Å². The van der Waals surface area contributed by atoms with Crippen LogP contribution in [0, 0.1) is 17.8 Å². The van der Waals surface area contributed by atoms with Gasteiger partial charge in [-0.15, -0.1) is 0 Å². The highest BCUT2D eigenvalue weighted by Crippen LogP contribution is 2.30. The van der Waals surface area contributed by atoms with Crippen LogP contribution in [0.2, 0.25) is 0 Å². The molecule has 11 heteroatoms. The van der Waals surface area contributed by atoms with Crippen molar-refractivity contribution in [1.82, 2.24) is 0 Å². The Morgan fingerprint density at radius 2 is 1.29 bits per heavy atom. The Kier molecular flexibility index (Phi) is 15.2. The largest absolute Gasteiger partial charge is 0.514 e. The number of carbonyl (C=O) groups is 4. The van der Waals surface area contributed by atoms with Crippen LogP contribution in [-0.4, -0.2) is 55.2 Å². The van der Waals surface area contributed by atoms with E-state index >= 15 is 0 Å². The van der Waals surface area contributed by atoms with E-state index in [1.807, 2.05) is 34.6 Å². The quantitative estimate of drug-likeness (QED) is 0.157.